The summed E-state index contributed by atoms with van der Waals surface area (Å²) in [5, 5.41) is 8.84. The third kappa shape index (κ3) is 4.19. The molecule has 6 nitrogen and oxygen atoms in total. The van der Waals surface area contributed by atoms with E-state index in [1.807, 2.05) is 0 Å². The number of hydrogen-bond acceptors (Lipinski definition) is 5. The fourth-order valence-corrected chi connectivity index (χ4v) is 5.80. The molecular weight excluding hydrogens is 382 g/mol. The Bertz CT molecular complexity index is 748. The Morgan fingerprint density at radius 3 is 2.62 bits per heavy atom. The predicted molar refractivity (Wildman–Crippen MR) is 119 cm³/mol. The third-order valence-electron chi connectivity index (χ3n) is 6.85. The van der Waals surface area contributed by atoms with Gasteiger partial charge in [-0.15, -0.1) is 0 Å². The number of fused-ring (bicyclic) bond motifs is 1. The fraction of sp³-hybridized carbons (Fsp3) is 0.636. The molecule has 5 aliphatic heterocycles. The number of nitrogens with one attached hydrogen (secondary N) is 2. The molecule has 0 spiro atoms. The molecule has 2 N–H and O–H groups in total. The van der Waals surface area contributed by atoms with Crippen molar-refractivity contribution in [3.05, 3.63) is 35.9 Å². The molecule has 7 heteroatoms. The van der Waals surface area contributed by atoms with Gasteiger partial charge in [0.25, 0.3) is 0 Å². The zero-order valence-corrected chi connectivity index (χ0v) is 17.8. The SMILES string of the molecule is S=C(NCC1CCCO1)NN=C1C2CN3CCN(C2)CC1(Cc1ccccc1)C3. The summed E-state index contributed by atoms with van der Waals surface area (Å²) in [6.07, 6.45) is 3.56. The van der Waals surface area contributed by atoms with Crippen LogP contribution in [0.4, 0.5) is 0 Å². The van der Waals surface area contributed by atoms with Crippen LogP contribution in [0.3, 0.4) is 0 Å². The minimum absolute atomic E-state index is 0.0657. The van der Waals surface area contributed by atoms with Crippen molar-refractivity contribution in [2.45, 2.75) is 25.4 Å². The third-order valence-corrected chi connectivity index (χ3v) is 7.09. The first-order valence-corrected chi connectivity index (χ1v) is 11.3. The maximum absolute atomic E-state index is 5.67. The molecule has 1 aromatic carbocycles. The summed E-state index contributed by atoms with van der Waals surface area (Å²) in [5.41, 5.74) is 5.96. The summed E-state index contributed by atoms with van der Waals surface area (Å²) in [6, 6.07) is 10.9. The molecule has 1 aromatic rings. The Morgan fingerprint density at radius 2 is 1.93 bits per heavy atom. The van der Waals surface area contributed by atoms with E-state index in [9.17, 15) is 0 Å². The minimum Gasteiger partial charge on any atom is -0.376 e. The average molecular weight is 414 g/mol. The average Bonchev–Trinajstić information content (AvgIpc) is 3.13. The monoisotopic (exact) mass is 413 g/mol. The smallest absolute Gasteiger partial charge is 0.187 e. The normalized spacial score (nSPS) is 36.9. The van der Waals surface area contributed by atoms with Crippen molar-refractivity contribution in [3.8, 4) is 0 Å². The van der Waals surface area contributed by atoms with Crippen molar-refractivity contribution in [1.82, 2.24) is 20.5 Å². The van der Waals surface area contributed by atoms with Gasteiger partial charge in [-0.25, -0.2) is 0 Å². The van der Waals surface area contributed by atoms with E-state index < -0.39 is 0 Å². The van der Waals surface area contributed by atoms with Gasteiger partial charge in [-0.3, -0.25) is 5.43 Å². The zero-order chi connectivity index (χ0) is 19.7. The quantitative estimate of drug-likeness (QED) is 0.563. The lowest BCUT2D eigenvalue weighted by Gasteiger charge is -2.50. The molecule has 0 saturated carbocycles. The second-order valence-corrected chi connectivity index (χ2v) is 9.47. The Hall–Kier alpha value is -1.54. The van der Waals surface area contributed by atoms with Gasteiger partial charge in [-0.05, 0) is 37.0 Å². The van der Waals surface area contributed by atoms with Crippen molar-refractivity contribution in [3.63, 3.8) is 0 Å². The summed E-state index contributed by atoms with van der Waals surface area (Å²) in [6.45, 7) is 8.39. The van der Waals surface area contributed by atoms with Crippen molar-refractivity contribution in [2.75, 3.05) is 52.4 Å². The van der Waals surface area contributed by atoms with Crippen LogP contribution < -0.4 is 10.7 Å². The Labute approximate surface area is 178 Å². The van der Waals surface area contributed by atoms with Gasteiger partial charge in [0.05, 0.1) is 11.8 Å². The van der Waals surface area contributed by atoms with Crippen LogP contribution in [-0.4, -0.2) is 79.1 Å². The number of rotatable bonds is 5. The minimum atomic E-state index is 0.0657. The molecule has 5 heterocycles. The summed E-state index contributed by atoms with van der Waals surface area (Å²) >= 11 is 5.51. The maximum atomic E-state index is 5.67. The number of benzene rings is 1. The van der Waals surface area contributed by atoms with Crippen LogP contribution in [0, 0.1) is 11.3 Å². The van der Waals surface area contributed by atoms with Crippen molar-refractivity contribution >= 4 is 23.0 Å². The molecule has 3 atom stereocenters. The van der Waals surface area contributed by atoms with E-state index in [0.29, 0.717) is 11.0 Å². The fourth-order valence-electron chi connectivity index (χ4n) is 5.67. The van der Waals surface area contributed by atoms with Crippen LogP contribution in [0.1, 0.15) is 18.4 Å². The molecule has 29 heavy (non-hydrogen) atoms. The van der Waals surface area contributed by atoms with Gasteiger partial charge in [-0.1, -0.05) is 30.3 Å². The number of nitrogens with zero attached hydrogens (tertiary/aromatic N) is 3. The molecule has 0 aromatic heterocycles. The lowest BCUT2D eigenvalue weighted by molar-refractivity contribution is 0.113. The standard InChI is InChI=1S/C22H31N5OS/c29-21(23-12-19-7-4-10-28-19)25-24-20-18-13-26-8-9-27(14-18)16-22(20,15-26)11-17-5-2-1-3-6-17/h1-3,5-6,18-19H,4,7-16H2,(H2,23,25,29). The molecular formula is C22H31N5OS. The van der Waals surface area contributed by atoms with Crippen LogP contribution in [0.2, 0.25) is 0 Å². The molecule has 0 amide bonds. The van der Waals surface area contributed by atoms with Crippen LogP contribution in [0.15, 0.2) is 35.4 Å². The number of thiocarbonyl (C=S) groups is 1. The van der Waals surface area contributed by atoms with E-state index in [1.54, 1.807) is 0 Å². The highest BCUT2D eigenvalue weighted by molar-refractivity contribution is 7.80. The van der Waals surface area contributed by atoms with Crippen molar-refractivity contribution < 1.29 is 4.74 Å². The Balaban J connectivity index is 1.33. The summed E-state index contributed by atoms with van der Waals surface area (Å²) in [4.78, 5) is 5.29. The highest BCUT2D eigenvalue weighted by atomic mass is 32.1. The van der Waals surface area contributed by atoms with Gasteiger partial charge < -0.3 is 19.9 Å². The van der Waals surface area contributed by atoms with E-state index >= 15 is 0 Å². The first-order valence-electron chi connectivity index (χ1n) is 10.9. The molecule has 156 valence electrons. The summed E-state index contributed by atoms with van der Waals surface area (Å²) < 4.78 is 5.67. The van der Waals surface area contributed by atoms with Crippen LogP contribution in [0.5, 0.6) is 0 Å². The lowest BCUT2D eigenvalue weighted by atomic mass is 9.67. The van der Waals surface area contributed by atoms with Gasteiger partial charge in [0.1, 0.15) is 0 Å². The second kappa shape index (κ2) is 8.30. The predicted octanol–water partition coefficient (Wildman–Crippen LogP) is 1.48. The van der Waals surface area contributed by atoms with Crippen LogP contribution in [0.25, 0.3) is 0 Å². The number of piperidine rings is 2. The first kappa shape index (κ1) is 19.4. The number of hydrazone groups is 1. The highest BCUT2D eigenvalue weighted by Crippen LogP contribution is 2.40. The molecule has 3 unspecified atom stereocenters. The molecule has 5 saturated heterocycles. The number of ether oxygens (including phenoxy) is 1. The molecule has 0 aliphatic carbocycles. The largest absolute Gasteiger partial charge is 0.376 e. The molecule has 6 rings (SSSR count). The molecule has 5 aliphatic rings. The lowest BCUT2D eigenvalue weighted by Crippen LogP contribution is -2.62. The van der Waals surface area contributed by atoms with Gasteiger partial charge >= 0.3 is 0 Å². The maximum Gasteiger partial charge on any atom is 0.187 e. The van der Waals surface area contributed by atoms with E-state index in [4.69, 9.17) is 22.1 Å². The molecule has 5 fully saturated rings. The molecule has 0 radical (unpaired) electrons. The van der Waals surface area contributed by atoms with Crippen LogP contribution >= 0.6 is 12.2 Å². The van der Waals surface area contributed by atoms with Gasteiger partial charge in [-0.2, -0.15) is 5.10 Å². The number of hydrogen-bond donors (Lipinski definition) is 2. The van der Waals surface area contributed by atoms with E-state index in [1.165, 1.54) is 24.4 Å². The second-order valence-electron chi connectivity index (χ2n) is 9.06. The Kier molecular flexibility index (Phi) is 5.56. The van der Waals surface area contributed by atoms with Crippen LogP contribution in [-0.2, 0) is 11.2 Å². The highest BCUT2D eigenvalue weighted by Gasteiger charge is 2.52. The van der Waals surface area contributed by atoms with Crippen molar-refractivity contribution in [2.24, 2.45) is 16.4 Å². The zero-order valence-electron chi connectivity index (χ0n) is 17.0. The van der Waals surface area contributed by atoms with Crippen molar-refractivity contribution in [1.29, 1.82) is 0 Å². The molecule has 4 bridgehead atoms. The van der Waals surface area contributed by atoms with Gasteiger partial charge in [0.2, 0.25) is 0 Å². The topological polar surface area (TPSA) is 52.1 Å². The van der Waals surface area contributed by atoms with E-state index in [0.717, 1.165) is 58.6 Å². The summed E-state index contributed by atoms with van der Waals surface area (Å²) in [7, 11) is 0. The summed E-state index contributed by atoms with van der Waals surface area (Å²) in [5.74, 6) is 0.483. The Morgan fingerprint density at radius 1 is 1.17 bits per heavy atom. The van der Waals surface area contributed by atoms with Gasteiger partial charge in [0.15, 0.2) is 5.11 Å². The first-order chi connectivity index (χ1) is 14.2. The van der Waals surface area contributed by atoms with Gasteiger partial charge in [0, 0.05) is 63.8 Å². The van der Waals surface area contributed by atoms with E-state index in [-0.39, 0.29) is 11.5 Å². The van der Waals surface area contributed by atoms with E-state index in [2.05, 4.69) is 50.9 Å².